The Kier molecular flexibility index (Phi) is 8.16. The monoisotopic (exact) mass is 495 g/mol. The molecule has 0 bridgehead atoms. The molecular weight excluding hydrogens is 466 g/mol. The van der Waals surface area contributed by atoms with E-state index in [1.807, 2.05) is 30.0 Å². The highest BCUT2D eigenvalue weighted by Crippen LogP contribution is 2.27. The topological polar surface area (TPSA) is 133 Å². The molecule has 190 valence electrons. The van der Waals surface area contributed by atoms with E-state index in [0.717, 1.165) is 22.8 Å². The third kappa shape index (κ3) is 6.62. The molecule has 0 fully saturated rings. The first-order chi connectivity index (χ1) is 17.5. The minimum atomic E-state index is -0.499. The summed E-state index contributed by atoms with van der Waals surface area (Å²) in [5.74, 6) is 2.36. The molecule has 36 heavy (non-hydrogen) atoms. The fraction of sp³-hybridized carbons (Fsp3) is 0.375. The van der Waals surface area contributed by atoms with Gasteiger partial charge in [-0.1, -0.05) is 0 Å². The van der Waals surface area contributed by atoms with Gasteiger partial charge in [-0.3, -0.25) is 9.36 Å². The van der Waals surface area contributed by atoms with Crippen molar-refractivity contribution in [2.75, 3.05) is 44.8 Å². The molecule has 2 aromatic rings. The predicted molar refractivity (Wildman–Crippen MR) is 130 cm³/mol. The maximum Gasteiger partial charge on any atom is 0.406 e. The van der Waals surface area contributed by atoms with E-state index < -0.39 is 6.09 Å². The summed E-state index contributed by atoms with van der Waals surface area (Å²) in [4.78, 5) is 39.2. The molecule has 12 nitrogen and oxygen atoms in total. The molecule has 4 heterocycles. The summed E-state index contributed by atoms with van der Waals surface area (Å²) in [6, 6.07) is 1.82. The van der Waals surface area contributed by atoms with Crippen LogP contribution < -0.4 is 15.5 Å². The van der Waals surface area contributed by atoms with Crippen LogP contribution in [0.5, 0.6) is 0 Å². The van der Waals surface area contributed by atoms with E-state index in [9.17, 15) is 9.59 Å². The summed E-state index contributed by atoms with van der Waals surface area (Å²) in [7, 11) is 1.32. The van der Waals surface area contributed by atoms with Gasteiger partial charge in [0, 0.05) is 43.8 Å². The zero-order chi connectivity index (χ0) is 25.3. The van der Waals surface area contributed by atoms with E-state index in [1.54, 1.807) is 29.6 Å². The quantitative estimate of drug-likeness (QED) is 0.447. The fourth-order valence-corrected chi connectivity index (χ4v) is 3.64. The molecule has 0 unspecified atom stereocenters. The molecule has 0 saturated carbocycles. The van der Waals surface area contributed by atoms with Gasteiger partial charge < -0.3 is 29.7 Å². The van der Waals surface area contributed by atoms with Crippen LogP contribution in [0.2, 0.25) is 0 Å². The zero-order valence-corrected chi connectivity index (χ0v) is 20.3. The molecule has 0 spiro atoms. The first-order valence-electron chi connectivity index (χ1n) is 11.6. The number of aromatic nitrogens is 4. The van der Waals surface area contributed by atoms with Crippen molar-refractivity contribution in [3.63, 3.8) is 0 Å². The number of anilines is 1. The Morgan fingerprint density at radius 2 is 2.11 bits per heavy atom. The number of carbonyl (C=O) groups excluding carboxylic acids is 2. The summed E-state index contributed by atoms with van der Waals surface area (Å²) in [5, 5.41) is 5.61. The highest BCUT2D eigenvalue weighted by Gasteiger charge is 2.19. The second-order valence-corrected chi connectivity index (χ2v) is 8.13. The van der Waals surface area contributed by atoms with Crippen LogP contribution in [0.4, 0.5) is 10.6 Å². The van der Waals surface area contributed by atoms with Crippen molar-refractivity contribution < 1.29 is 23.8 Å². The van der Waals surface area contributed by atoms with Crippen molar-refractivity contribution in [2.24, 2.45) is 0 Å². The number of carbonyl (C=O) groups is 2. The molecule has 0 saturated heterocycles. The van der Waals surface area contributed by atoms with Gasteiger partial charge in [0.25, 0.3) is 0 Å². The van der Waals surface area contributed by atoms with Gasteiger partial charge in [-0.2, -0.15) is 4.98 Å². The van der Waals surface area contributed by atoms with Gasteiger partial charge in [0.05, 0.1) is 19.9 Å². The van der Waals surface area contributed by atoms with Crippen LogP contribution >= 0.6 is 0 Å². The van der Waals surface area contributed by atoms with E-state index in [0.29, 0.717) is 50.8 Å². The number of ether oxygens (including phenoxy) is 3. The third-order valence-electron chi connectivity index (χ3n) is 5.42. The van der Waals surface area contributed by atoms with Crippen molar-refractivity contribution in [3.05, 3.63) is 66.0 Å². The summed E-state index contributed by atoms with van der Waals surface area (Å²) in [6.07, 6.45) is 11.2. The minimum Gasteiger partial charge on any atom is -0.485 e. The Labute approximate surface area is 208 Å². The van der Waals surface area contributed by atoms with Gasteiger partial charge in [0.2, 0.25) is 11.9 Å². The molecule has 2 aromatic heterocycles. The van der Waals surface area contributed by atoms with Crippen LogP contribution in [0.15, 0.2) is 60.3 Å². The van der Waals surface area contributed by atoms with Crippen molar-refractivity contribution in [1.29, 1.82) is 0 Å². The number of alkyl carbamates (subject to hydrolysis) is 1. The molecular formula is C24H29N7O5. The molecule has 12 heteroatoms. The third-order valence-corrected chi connectivity index (χ3v) is 5.42. The lowest BCUT2D eigenvalue weighted by Crippen LogP contribution is -2.39. The second kappa shape index (κ2) is 11.9. The Bertz CT molecular complexity index is 1170. The van der Waals surface area contributed by atoms with E-state index in [1.165, 1.54) is 7.11 Å². The van der Waals surface area contributed by atoms with Crippen LogP contribution in [0.3, 0.4) is 0 Å². The van der Waals surface area contributed by atoms with Crippen LogP contribution in [0.25, 0.3) is 5.95 Å². The smallest absolute Gasteiger partial charge is 0.406 e. The average Bonchev–Trinajstić information content (AvgIpc) is 3.57. The van der Waals surface area contributed by atoms with Crippen molar-refractivity contribution in [3.8, 4) is 5.95 Å². The van der Waals surface area contributed by atoms with E-state index >= 15 is 0 Å². The lowest BCUT2D eigenvalue weighted by atomic mass is 10.1. The number of hydrogen-bond acceptors (Lipinski definition) is 9. The summed E-state index contributed by atoms with van der Waals surface area (Å²) >= 11 is 0. The summed E-state index contributed by atoms with van der Waals surface area (Å²) in [6.45, 7) is 3.78. The number of nitrogens with one attached hydrogen (secondary N) is 2. The Morgan fingerprint density at radius 3 is 2.92 bits per heavy atom. The van der Waals surface area contributed by atoms with E-state index in [-0.39, 0.29) is 12.5 Å². The largest absolute Gasteiger partial charge is 0.485 e. The van der Waals surface area contributed by atoms with Gasteiger partial charge in [-0.25, -0.2) is 14.8 Å². The number of fused-ring (bicyclic) bond motifs is 1. The normalized spacial score (nSPS) is 13.9. The Balaban J connectivity index is 1.37. The van der Waals surface area contributed by atoms with Gasteiger partial charge in [-0.05, 0) is 37.5 Å². The Hall–Kier alpha value is -4.35. The van der Waals surface area contributed by atoms with Crippen molar-refractivity contribution >= 4 is 17.8 Å². The lowest BCUT2D eigenvalue weighted by Gasteiger charge is -2.24. The molecule has 0 radical (unpaired) electrons. The standard InChI is InChI=1S/C24H29N7O5/c1-17-12-21(29-23(28-17)31-10-8-25-16-31)30(9-3-6-27-24(33)34-2)14-22(32)26-7-4-18-13-20-19(36-15-18)5-11-35-20/h5,8,10,12-13,15-16H,3-4,6-7,9,11,14H2,1-2H3,(H,26,32)(H,27,33). The average molecular weight is 496 g/mol. The minimum absolute atomic E-state index is 0.0880. The second-order valence-electron chi connectivity index (χ2n) is 8.13. The van der Waals surface area contributed by atoms with Crippen molar-refractivity contribution in [1.82, 2.24) is 30.2 Å². The molecule has 2 aliphatic heterocycles. The Morgan fingerprint density at radius 1 is 1.22 bits per heavy atom. The van der Waals surface area contributed by atoms with Gasteiger partial charge in [-0.15, -0.1) is 0 Å². The van der Waals surface area contributed by atoms with E-state index in [2.05, 4.69) is 30.3 Å². The van der Waals surface area contributed by atoms with Crippen LogP contribution in [-0.4, -0.2) is 71.4 Å². The summed E-state index contributed by atoms with van der Waals surface area (Å²) < 4.78 is 17.4. The molecule has 2 amide bonds. The van der Waals surface area contributed by atoms with E-state index in [4.69, 9.17) is 9.47 Å². The fourth-order valence-electron chi connectivity index (χ4n) is 3.64. The SMILES string of the molecule is COC(=O)NCCCN(CC(=O)NCCC1=COC2=CCOC2=C1)c1cc(C)nc(-n2ccnc2)n1. The van der Waals surface area contributed by atoms with Crippen molar-refractivity contribution in [2.45, 2.75) is 19.8 Å². The molecule has 0 atom stereocenters. The molecule has 0 aromatic carbocycles. The zero-order valence-electron chi connectivity index (χ0n) is 20.3. The number of hydrogen-bond donors (Lipinski definition) is 2. The first-order valence-corrected chi connectivity index (χ1v) is 11.6. The first kappa shape index (κ1) is 24.8. The number of aryl methyl sites for hydroxylation is 1. The maximum absolute atomic E-state index is 12.8. The summed E-state index contributed by atoms with van der Waals surface area (Å²) in [5.41, 5.74) is 1.69. The molecule has 4 rings (SSSR count). The van der Waals surface area contributed by atoms with Crippen LogP contribution in [0, 0.1) is 6.92 Å². The van der Waals surface area contributed by atoms with Crippen LogP contribution in [-0.2, 0) is 19.0 Å². The number of allylic oxidation sites excluding steroid dienone is 1. The molecule has 0 aliphatic carbocycles. The van der Waals surface area contributed by atoms with Gasteiger partial charge in [0.15, 0.2) is 11.5 Å². The number of rotatable bonds is 11. The maximum atomic E-state index is 12.8. The molecule has 2 aliphatic rings. The highest BCUT2D eigenvalue weighted by atomic mass is 16.5. The van der Waals surface area contributed by atoms with Crippen LogP contribution in [0.1, 0.15) is 18.5 Å². The number of nitrogens with zero attached hydrogens (tertiary/aromatic N) is 5. The number of imidazole rings is 1. The predicted octanol–water partition coefficient (Wildman–Crippen LogP) is 1.74. The number of methoxy groups -OCH3 is 1. The lowest BCUT2D eigenvalue weighted by molar-refractivity contribution is -0.119. The van der Waals surface area contributed by atoms with Gasteiger partial charge in [0.1, 0.15) is 18.8 Å². The molecule has 2 N–H and O–H groups in total. The van der Waals surface area contributed by atoms with Gasteiger partial charge >= 0.3 is 6.09 Å². The highest BCUT2D eigenvalue weighted by molar-refractivity contribution is 5.81. The number of amides is 2.